The van der Waals surface area contributed by atoms with Gasteiger partial charge in [0, 0.05) is 12.7 Å². The average molecular weight is 175 g/mol. The van der Waals surface area contributed by atoms with Gasteiger partial charge in [0.05, 0.1) is 17.1 Å². The van der Waals surface area contributed by atoms with E-state index in [1.165, 1.54) is 4.68 Å². The van der Waals surface area contributed by atoms with Gasteiger partial charge in [-0.3, -0.25) is 9.78 Å². The van der Waals surface area contributed by atoms with E-state index in [2.05, 4.69) is 10.1 Å². The molecule has 0 N–H and O–H groups in total. The second kappa shape index (κ2) is 2.97. The lowest BCUT2D eigenvalue weighted by Gasteiger charge is -2.00. The van der Waals surface area contributed by atoms with Crippen molar-refractivity contribution in [3.05, 3.63) is 34.9 Å². The maximum Gasteiger partial charge on any atom is 0.276 e. The fraction of sp³-hybridized carbons (Fsp3) is 0.222. The summed E-state index contributed by atoms with van der Waals surface area (Å²) in [5.74, 6) is 0. The Morgan fingerprint density at radius 3 is 3.15 bits per heavy atom. The molecule has 4 nitrogen and oxygen atoms in total. The van der Waals surface area contributed by atoms with Gasteiger partial charge in [0.25, 0.3) is 5.56 Å². The summed E-state index contributed by atoms with van der Waals surface area (Å²) < 4.78 is 1.42. The van der Waals surface area contributed by atoms with Crippen LogP contribution < -0.4 is 5.56 Å². The quantitative estimate of drug-likeness (QED) is 0.644. The molecule has 13 heavy (non-hydrogen) atoms. The van der Waals surface area contributed by atoms with Crippen LogP contribution in [0.15, 0.2) is 29.3 Å². The highest BCUT2D eigenvalue weighted by Gasteiger charge is 2.01. The summed E-state index contributed by atoms with van der Waals surface area (Å²) in [6.07, 6.45) is 3.26. The minimum Gasteiger partial charge on any atom is -0.267 e. The lowest BCUT2D eigenvalue weighted by molar-refractivity contribution is 0.622. The van der Waals surface area contributed by atoms with Gasteiger partial charge in [0.2, 0.25) is 0 Å². The van der Waals surface area contributed by atoms with Crippen molar-refractivity contribution in [1.82, 2.24) is 14.8 Å². The van der Waals surface area contributed by atoms with Crippen LogP contribution in [0.2, 0.25) is 0 Å². The predicted molar refractivity (Wildman–Crippen MR) is 49.5 cm³/mol. The van der Waals surface area contributed by atoms with Crippen LogP contribution in [-0.2, 0) is 6.54 Å². The first kappa shape index (κ1) is 7.91. The van der Waals surface area contributed by atoms with Crippen molar-refractivity contribution in [2.45, 2.75) is 13.5 Å². The van der Waals surface area contributed by atoms with Crippen LogP contribution in [0, 0.1) is 0 Å². The van der Waals surface area contributed by atoms with Crippen LogP contribution in [0.25, 0.3) is 10.9 Å². The zero-order chi connectivity index (χ0) is 9.26. The summed E-state index contributed by atoms with van der Waals surface area (Å²) in [6.45, 7) is 2.47. The fourth-order valence-corrected chi connectivity index (χ4v) is 1.24. The van der Waals surface area contributed by atoms with E-state index in [0.717, 1.165) is 0 Å². The van der Waals surface area contributed by atoms with Gasteiger partial charge in [-0.1, -0.05) is 0 Å². The molecule has 0 bridgehead atoms. The zero-order valence-corrected chi connectivity index (χ0v) is 7.27. The third-order valence-electron chi connectivity index (χ3n) is 1.92. The molecule has 0 unspecified atom stereocenters. The molecular weight excluding hydrogens is 166 g/mol. The average Bonchev–Trinajstić information content (AvgIpc) is 2.19. The number of hydrogen-bond donors (Lipinski definition) is 0. The van der Waals surface area contributed by atoms with Gasteiger partial charge in [-0.25, -0.2) is 4.68 Å². The maximum absolute atomic E-state index is 11.6. The molecule has 0 spiro atoms. The Labute approximate surface area is 74.8 Å². The smallest absolute Gasteiger partial charge is 0.267 e. The normalized spacial score (nSPS) is 10.5. The van der Waals surface area contributed by atoms with Crippen LogP contribution >= 0.6 is 0 Å². The van der Waals surface area contributed by atoms with Crippen molar-refractivity contribution in [2.75, 3.05) is 0 Å². The monoisotopic (exact) mass is 175 g/mol. The minimum atomic E-state index is -0.0758. The molecule has 0 radical (unpaired) electrons. The lowest BCUT2D eigenvalue weighted by atomic mass is 10.3. The molecule has 0 aromatic carbocycles. The zero-order valence-electron chi connectivity index (χ0n) is 7.27. The summed E-state index contributed by atoms with van der Waals surface area (Å²) in [7, 11) is 0. The molecule has 4 heteroatoms. The van der Waals surface area contributed by atoms with E-state index in [1.54, 1.807) is 24.5 Å². The van der Waals surface area contributed by atoms with Crippen molar-refractivity contribution in [3.63, 3.8) is 0 Å². The van der Waals surface area contributed by atoms with Crippen molar-refractivity contribution in [1.29, 1.82) is 0 Å². The molecule has 0 fully saturated rings. The molecule has 0 amide bonds. The molecule has 2 rings (SSSR count). The standard InChI is InChI=1S/C9H9N3O/c1-2-12-9(13)7-4-3-5-10-8(7)6-11-12/h3-6H,2H2,1H3. The van der Waals surface area contributed by atoms with Gasteiger partial charge in [-0.15, -0.1) is 0 Å². The minimum absolute atomic E-state index is 0.0758. The predicted octanol–water partition coefficient (Wildman–Crippen LogP) is 0.811. The van der Waals surface area contributed by atoms with E-state index in [9.17, 15) is 4.79 Å². The topological polar surface area (TPSA) is 47.8 Å². The first-order valence-corrected chi connectivity index (χ1v) is 4.14. The fourth-order valence-electron chi connectivity index (χ4n) is 1.24. The Bertz CT molecular complexity index is 489. The molecule has 0 aliphatic heterocycles. The molecule has 0 aliphatic rings. The summed E-state index contributed by atoms with van der Waals surface area (Å²) in [5, 5.41) is 4.59. The first-order chi connectivity index (χ1) is 6.33. The summed E-state index contributed by atoms with van der Waals surface area (Å²) in [5.41, 5.74) is 0.574. The van der Waals surface area contributed by atoms with Gasteiger partial charge in [0.1, 0.15) is 0 Å². The number of aryl methyl sites for hydroxylation is 1. The van der Waals surface area contributed by atoms with E-state index in [0.29, 0.717) is 17.4 Å². The van der Waals surface area contributed by atoms with Crippen LogP contribution in [0.5, 0.6) is 0 Å². The van der Waals surface area contributed by atoms with Crippen molar-refractivity contribution < 1.29 is 0 Å². The molecule has 2 aromatic rings. The molecule has 0 atom stereocenters. The van der Waals surface area contributed by atoms with Crippen molar-refractivity contribution >= 4 is 10.9 Å². The van der Waals surface area contributed by atoms with Gasteiger partial charge < -0.3 is 0 Å². The summed E-state index contributed by atoms with van der Waals surface area (Å²) >= 11 is 0. The van der Waals surface area contributed by atoms with Crippen molar-refractivity contribution in [3.8, 4) is 0 Å². The molecule has 0 saturated heterocycles. The van der Waals surface area contributed by atoms with Gasteiger partial charge in [0.15, 0.2) is 0 Å². The van der Waals surface area contributed by atoms with Gasteiger partial charge in [-0.05, 0) is 19.1 Å². The van der Waals surface area contributed by atoms with E-state index in [1.807, 2.05) is 6.92 Å². The summed E-state index contributed by atoms with van der Waals surface area (Å²) in [6, 6.07) is 3.52. The molecule has 2 heterocycles. The van der Waals surface area contributed by atoms with E-state index >= 15 is 0 Å². The Kier molecular flexibility index (Phi) is 1.81. The summed E-state index contributed by atoms with van der Waals surface area (Å²) in [4.78, 5) is 15.7. The maximum atomic E-state index is 11.6. The van der Waals surface area contributed by atoms with E-state index in [-0.39, 0.29) is 5.56 Å². The highest BCUT2D eigenvalue weighted by molar-refractivity contribution is 5.75. The number of fused-ring (bicyclic) bond motifs is 1. The van der Waals surface area contributed by atoms with Crippen molar-refractivity contribution in [2.24, 2.45) is 0 Å². The van der Waals surface area contributed by atoms with Gasteiger partial charge in [-0.2, -0.15) is 5.10 Å². The van der Waals surface area contributed by atoms with Crippen LogP contribution in [0.1, 0.15) is 6.92 Å². The molecule has 2 aromatic heterocycles. The van der Waals surface area contributed by atoms with Gasteiger partial charge >= 0.3 is 0 Å². The SMILES string of the molecule is CCn1ncc2ncccc2c1=O. The number of pyridine rings is 1. The number of nitrogens with zero attached hydrogens (tertiary/aromatic N) is 3. The molecule has 66 valence electrons. The third kappa shape index (κ3) is 1.20. The second-order valence-corrected chi connectivity index (χ2v) is 2.70. The van der Waals surface area contributed by atoms with Crippen LogP contribution in [0.3, 0.4) is 0 Å². The first-order valence-electron chi connectivity index (χ1n) is 4.14. The highest BCUT2D eigenvalue weighted by Crippen LogP contribution is 2.01. The largest absolute Gasteiger partial charge is 0.276 e. The Morgan fingerprint density at radius 2 is 2.38 bits per heavy atom. The Balaban J connectivity index is 2.87. The molecular formula is C9H9N3O. The number of hydrogen-bond acceptors (Lipinski definition) is 3. The van der Waals surface area contributed by atoms with E-state index < -0.39 is 0 Å². The third-order valence-corrected chi connectivity index (χ3v) is 1.92. The Morgan fingerprint density at radius 1 is 1.54 bits per heavy atom. The lowest BCUT2D eigenvalue weighted by Crippen LogP contribution is -2.21. The van der Waals surface area contributed by atoms with Crippen LogP contribution in [-0.4, -0.2) is 14.8 Å². The number of aromatic nitrogens is 3. The highest BCUT2D eigenvalue weighted by atomic mass is 16.1. The number of rotatable bonds is 1. The van der Waals surface area contributed by atoms with E-state index in [4.69, 9.17) is 0 Å². The van der Waals surface area contributed by atoms with Crippen LogP contribution in [0.4, 0.5) is 0 Å². The molecule has 0 aliphatic carbocycles. The molecule has 0 saturated carbocycles. The Hall–Kier alpha value is -1.71. The second-order valence-electron chi connectivity index (χ2n) is 2.70.